The Kier molecular flexibility index (Phi) is 12.4. The predicted octanol–water partition coefficient (Wildman–Crippen LogP) is 4.20. The van der Waals surface area contributed by atoms with Gasteiger partial charge in [-0.05, 0) is 64.8 Å². The van der Waals surface area contributed by atoms with E-state index < -0.39 is 59.1 Å². The lowest BCUT2D eigenvalue weighted by Gasteiger charge is -2.49. The highest BCUT2D eigenvalue weighted by Crippen LogP contribution is 2.41. The van der Waals surface area contributed by atoms with E-state index in [1.54, 1.807) is 72.9 Å². The number of carbonyl (C=O) groups is 5. The van der Waals surface area contributed by atoms with Gasteiger partial charge in [-0.1, -0.05) is 17.3 Å². The summed E-state index contributed by atoms with van der Waals surface area (Å²) < 4.78 is 21.2. The van der Waals surface area contributed by atoms with Crippen molar-refractivity contribution in [3.8, 4) is 5.75 Å². The third-order valence-electron chi connectivity index (χ3n) is 6.55. The summed E-state index contributed by atoms with van der Waals surface area (Å²) >= 11 is 8.44. The number of β-lactam (4-membered cyclic amide) rings is 1. The van der Waals surface area contributed by atoms with Crippen LogP contribution in [0.15, 0.2) is 46.1 Å². The molecule has 0 aliphatic carbocycles. The Morgan fingerprint density at radius 3 is 2.36 bits per heavy atom. The van der Waals surface area contributed by atoms with Gasteiger partial charge in [0.1, 0.15) is 46.4 Å². The number of nitrogens with zero attached hydrogens (tertiary/aromatic N) is 3. The fourth-order valence-corrected chi connectivity index (χ4v) is 6.84. The number of thiazole rings is 1. The van der Waals surface area contributed by atoms with Crippen LogP contribution in [0.3, 0.4) is 0 Å². The molecule has 270 valence electrons. The van der Waals surface area contributed by atoms with E-state index in [9.17, 15) is 24.0 Å². The Labute approximate surface area is 302 Å². The number of hydrogen-bond donors (Lipinski definition) is 2. The van der Waals surface area contributed by atoms with Crippen molar-refractivity contribution < 1.29 is 47.8 Å². The number of nitrogens with one attached hydrogen (secondary N) is 2. The normalized spacial score (nSPS) is 17.6. The number of ether oxygens (including phenoxy) is 4. The Balaban J connectivity index is 1.49. The van der Waals surface area contributed by atoms with E-state index in [4.69, 9.17) is 35.4 Å². The smallest absolute Gasteiger partial charge is 0.413 e. The van der Waals surface area contributed by atoms with Crippen molar-refractivity contribution in [3.05, 3.63) is 52.2 Å². The van der Waals surface area contributed by atoms with E-state index in [1.807, 2.05) is 0 Å². The number of alkyl halides is 1. The van der Waals surface area contributed by atoms with Crippen molar-refractivity contribution in [2.75, 3.05) is 30.7 Å². The molecule has 3 heterocycles. The highest BCUT2D eigenvalue weighted by atomic mass is 35.5. The number of esters is 2. The van der Waals surface area contributed by atoms with Gasteiger partial charge in [0, 0.05) is 17.0 Å². The van der Waals surface area contributed by atoms with Gasteiger partial charge in [0.15, 0.2) is 10.8 Å². The average Bonchev–Trinajstić information content (AvgIpc) is 3.49. The van der Waals surface area contributed by atoms with Gasteiger partial charge in [0.05, 0.1) is 7.11 Å². The Morgan fingerprint density at radius 1 is 1.06 bits per heavy atom. The van der Waals surface area contributed by atoms with Gasteiger partial charge in [-0.3, -0.25) is 19.8 Å². The lowest BCUT2D eigenvalue weighted by molar-refractivity contribution is -0.160. The molecule has 1 aromatic carbocycles. The molecule has 2 aliphatic rings. The van der Waals surface area contributed by atoms with Gasteiger partial charge in [-0.15, -0.1) is 34.7 Å². The number of benzene rings is 1. The summed E-state index contributed by atoms with van der Waals surface area (Å²) in [6, 6.07) is 5.89. The highest BCUT2D eigenvalue weighted by Gasteiger charge is 2.54. The minimum Gasteiger partial charge on any atom is -0.497 e. The van der Waals surface area contributed by atoms with Crippen molar-refractivity contribution in [1.29, 1.82) is 0 Å². The van der Waals surface area contributed by atoms with Crippen molar-refractivity contribution in [2.45, 2.75) is 70.8 Å². The fourth-order valence-electron chi connectivity index (χ4n) is 4.48. The molecule has 1 saturated heterocycles. The zero-order chi connectivity index (χ0) is 36.8. The number of rotatable bonds is 12. The van der Waals surface area contributed by atoms with Crippen LogP contribution in [-0.4, -0.2) is 93.4 Å². The van der Waals surface area contributed by atoms with Crippen molar-refractivity contribution in [3.63, 3.8) is 0 Å². The first-order valence-corrected chi connectivity index (χ1v) is 17.7. The lowest BCUT2D eigenvalue weighted by atomic mass is 10.0. The number of hydrogen-bond acceptors (Lipinski definition) is 14. The predicted molar refractivity (Wildman–Crippen MR) is 186 cm³/mol. The molecule has 1 fully saturated rings. The third kappa shape index (κ3) is 10.1. The number of anilines is 1. The number of methoxy groups -OCH3 is 1. The molecule has 18 heteroatoms. The van der Waals surface area contributed by atoms with Crippen LogP contribution in [-0.2, 0) is 44.8 Å². The van der Waals surface area contributed by atoms with E-state index in [1.165, 1.54) is 22.0 Å². The summed E-state index contributed by atoms with van der Waals surface area (Å²) in [4.78, 5) is 75.5. The minimum absolute atomic E-state index is 0.0111. The zero-order valence-corrected chi connectivity index (χ0v) is 30.9. The Morgan fingerprint density at radius 2 is 1.74 bits per heavy atom. The van der Waals surface area contributed by atoms with Crippen LogP contribution in [0.25, 0.3) is 0 Å². The molecule has 15 nitrogen and oxygen atoms in total. The first kappa shape index (κ1) is 38.5. The van der Waals surface area contributed by atoms with E-state index >= 15 is 0 Å². The fraction of sp³-hybridized carbons (Fsp3) is 0.469. The summed E-state index contributed by atoms with van der Waals surface area (Å²) in [5.74, 6) is -1.96. The van der Waals surface area contributed by atoms with Gasteiger partial charge >= 0.3 is 18.0 Å². The van der Waals surface area contributed by atoms with Crippen LogP contribution in [0, 0.1) is 0 Å². The molecule has 2 N–H and O–H groups in total. The van der Waals surface area contributed by atoms with E-state index in [0.29, 0.717) is 22.6 Å². The SMILES string of the molecule is COc1ccc(COC(=O)C2=C(CCl)CS[C@H]3[C@H](NC(=O)C(=NOCC(=O)OC(C)(C)C)c4csc(NC(=O)OC(C)(C)C)n4)C(=O)N23)cc1. The molecule has 0 saturated carbocycles. The van der Waals surface area contributed by atoms with Crippen LogP contribution in [0.2, 0.25) is 0 Å². The molecule has 0 spiro atoms. The second-order valence-electron chi connectivity index (χ2n) is 12.8. The van der Waals surface area contributed by atoms with Gasteiger partial charge < -0.3 is 29.1 Å². The van der Waals surface area contributed by atoms with Crippen molar-refractivity contribution in [1.82, 2.24) is 15.2 Å². The van der Waals surface area contributed by atoms with Gasteiger partial charge in [0.25, 0.3) is 11.8 Å². The summed E-state index contributed by atoms with van der Waals surface area (Å²) in [7, 11) is 1.54. The van der Waals surface area contributed by atoms with Crippen LogP contribution in [0.4, 0.5) is 9.93 Å². The van der Waals surface area contributed by atoms with Crippen LogP contribution in [0.1, 0.15) is 52.8 Å². The lowest BCUT2D eigenvalue weighted by Crippen LogP contribution is -2.71. The molecule has 50 heavy (non-hydrogen) atoms. The molecule has 2 aliphatic heterocycles. The molecule has 4 rings (SSSR count). The summed E-state index contributed by atoms with van der Waals surface area (Å²) in [5.41, 5.74) is -0.703. The average molecular weight is 752 g/mol. The molecule has 0 bridgehead atoms. The maximum Gasteiger partial charge on any atom is 0.413 e. The minimum atomic E-state index is -1.07. The maximum atomic E-state index is 13.6. The maximum absolute atomic E-state index is 13.6. The van der Waals surface area contributed by atoms with Gasteiger partial charge in [-0.25, -0.2) is 19.4 Å². The zero-order valence-electron chi connectivity index (χ0n) is 28.5. The first-order chi connectivity index (χ1) is 23.5. The first-order valence-electron chi connectivity index (χ1n) is 15.2. The molecular formula is C32H38ClN5O10S2. The second kappa shape index (κ2) is 16.1. The van der Waals surface area contributed by atoms with Crippen molar-refractivity contribution >= 4 is 75.4 Å². The van der Waals surface area contributed by atoms with Crippen LogP contribution in [0.5, 0.6) is 5.75 Å². The number of carbonyl (C=O) groups excluding carboxylic acids is 5. The monoisotopic (exact) mass is 751 g/mol. The molecule has 2 aromatic rings. The van der Waals surface area contributed by atoms with Gasteiger partial charge in [0.2, 0.25) is 6.61 Å². The van der Waals surface area contributed by atoms with E-state index in [2.05, 4.69) is 20.8 Å². The number of halogens is 1. The molecule has 0 radical (unpaired) electrons. The van der Waals surface area contributed by atoms with Crippen LogP contribution >= 0.6 is 34.7 Å². The third-order valence-corrected chi connectivity index (χ3v) is 8.97. The Bertz CT molecular complexity index is 1680. The number of thioether (sulfide) groups is 1. The standard InChI is InChI=1S/C32H38ClN5O10S2/c1-31(2,3)47-21(39)14-46-37-22(20-16-50-29(34-20)36-30(43)48-32(4,5)6)25(40)35-23-26(41)38-24(18(12-33)15-49-27(23)38)28(42)45-13-17-8-10-19(44-7)11-9-17/h8-11,16,23,27H,12-15H2,1-7H3,(H,35,40)(H,34,36,43)/t23-,27+/m1/s1. The van der Waals surface area contributed by atoms with Crippen LogP contribution < -0.4 is 15.4 Å². The molecule has 3 amide bonds. The highest BCUT2D eigenvalue weighted by molar-refractivity contribution is 8.00. The topological polar surface area (TPSA) is 184 Å². The van der Waals surface area contributed by atoms with E-state index in [0.717, 1.165) is 11.3 Å². The Hall–Kier alpha value is -4.35. The van der Waals surface area contributed by atoms with E-state index in [-0.39, 0.29) is 34.7 Å². The number of oxime groups is 1. The number of aromatic nitrogens is 1. The largest absolute Gasteiger partial charge is 0.497 e. The van der Waals surface area contributed by atoms with Gasteiger partial charge in [-0.2, -0.15) is 0 Å². The molecule has 1 aromatic heterocycles. The summed E-state index contributed by atoms with van der Waals surface area (Å²) in [5, 5.41) is 9.83. The molecule has 2 atom stereocenters. The molecule has 0 unspecified atom stereocenters. The quantitative estimate of drug-likeness (QED) is 0.0789. The number of amides is 3. The number of fused-ring (bicyclic) bond motifs is 1. The van der Waals surface area contributed by atoms with Crippen molar-refractivity contribution in [2.24, 2.45) is 5.16 Å². The second-order valence-corrected chi connectivity index (χ2v) is 15.1. The summed E-state index contributed by atoms with van der Waals surface area (Å²) in [6.45, 7) is 9.47. The summed E-state index contributed by atoms with van der Waals surface area (Å²) in [6.07, 6.45) is -0.764. The molecular weight excluding hydrogens is 714 g/mol.